The largest absolute Gasteiger partial charge is 0.303 e. The molecule has 0 radical (unpaired) electrons. The zero-order valence-electron chi connectivity index (χ0n) is 6.39. The number of carbonyl (C=O) groups is 1. The lowest BCUT2D eigenvalue weighted by atomic mass is 10.1. The maximum absolute atomic E-state index is 10.1. The zero-order valence-corrected chi connectivity index (χ0v) is 9.30. The smallest absolute Gasteiger partial charge is 0.120 e. The highest BCUT2D eigenvalue weighted by Crippen LogP contribution is 2.19. The van der Waals surface area contributed by atoms with Crippen molar-refractivity contribution in [2.45, 2.75) is 12.8 Å². The van der Waals surface area contributed by atoms with Gasteiger partial charge in [-0.25, -0.2) is 0 Å². The van der Waals surface area contributed by atoms with Crippen molar-refractivity contribution in [1.29, 1.82) is 0 Å². The van der Waals surface area contributed by atoms with Crippen LogP contribution >= 0.6 is 34.2 Å². The SMILES string of the molecule is O=CCCc1ccc(I)cc1Cl. The third kappa shape index (κ3) is 2.75. The molecular weight excluding hydrogens is 286 g/mol. The van der Waals surface area contributed by atoms with E-state index in [-0.39, 0.29) is 0 Å². The first-order chi connectivity index (χ1) is 5.74. The van der Waals surface area contributed by atoms with E-state index in [1.54, 1.807) is 0 Å². The van der Waals surface area contributed by atoms with Gasteiger partial charge in [0.2, 0.25) is 0 Å². The normalized spacial score (nSPS) is 9.83. The van der Waals surface area contributed by atoms with Crippen LogP contribution in [0, 0.1) is 3.57 Å². The summed E-state index contributed by atoms with van der Waals surface area (Å²) in [6, 6.07) is 5.86. The van der Waals surface area contributed by atoms with E-state index in [1.165, 1.54) is 0 Å². The van der Waals surface area contributed by atoms with Crippen molar-refractivity contribution in [1.82, 2.24) is 0 Å². The van der Waals surface area contributed by atoms with Crippen LogP contribution in [0.15, 0.2) is 18.2 Å². The van der Waals surface area contributed by atoms with Crippen LogP contribution in [0.25, 0.3) is 0 Å². The Morgan fingerprint density at radius 1 is 1.50 bits per heavy atom. The number of aryl methyl sites for hydroxylation is 1. The minimum atomic E-state index is 0.542. The van der Waals surface area contributed by atoms with Crippen molar-refractivity contribution >= 4 is 40.5 Å². The second-order valence-corrected chi connectivity index (χ2v) is 4.09. The van der Waals surface area contributed by atoms with Gasteiger partial charge in [0.15, 0.2) is 0 Å². The van der Waals surface area contributed by atoms with Gasteiger partial charge in [0.1, 0.15) is 6.29 Å². The molecule has 0 aliphatic carbocycles. The molecule has 1 aromatic rings. The lowest BCUT2D eigenvalue weighted by Gasteiger charge is -2.01. The highest BCUT2D eigenvalue weighted by Gasteiger charge is 1.99. The van der Waals surface area contributed by atoms with Gasteiger partial charge in [-0.05, 0) is 46.7 Å². The van der Waals surface area contributed by atoms with Crippen molar-refractivity contribution < 1.29 is 4.79 Å². The van der Waals surface area contributed by atoms with E-state index in [2.05, 4.69) is 22.6 Å². The highest BCUT2D eigenvalue weighted by atomic mass is 127. The predicted octanol–water partition coefficient (Wildman–Crippen LogP) is 3.08. The molecule has 3 heteroatoms. The molecule has 0 aliphatic heterocycles. The van der Waals surface area contributed by atoms with Gasteiger partial charge in [-0.2, -0.15) is 0 Å². The van der Waals surface area contributed by atoms with Gasteiger partial charge in [0, 0.05) is 15.0 Å². The van der Waals surface area contributed by atoms with E-state index in [1.807, 2.05) is 18.2 Å². The summed E-state index contributed by atoms with van der Waals surface area (Å²) in [6.07, 6.45) is 2.19. The first kappa shape index (κ1) is 9.99. The van der Waals surface area contributed by atoms with E-state index < -0.39 is 0 Å². The minimum Gasteiger partial charge on any atom is -0.303 e. The number of carbonyl (C=O) groups excluding carboxylic acids is 1. The summed E-state index contributed by atoms with van der Waals surface area (Å²) in [5, 5.41) is 0.753. The standard InChI is InChI=1S/C9H8ClIO/c10-9-6-8(11)4-3-7(9)2-1-5-12/h3-6H,1-2H2. The van der Waals surface area contributed by atoms with E-state index in [0.29, 0.717) is 6.42 Å². The number of rotatable bonds is 3. The molecule has 0 spiro atoms. The van der Waals surface area contributed by atoms with E-state index in [4.69, 9.17) is 11.6 Å². The maximum Gasteiger partial charge on any atom is 0.120 e. The van der Waals surface area contributed by atoms with Crippen LogP contribution < -0.4 is 0 Å². The van der Waals surface area contributed by atoms with Gasteiger partial charge in [0.25, 0.3) is 0 Å². The molecule has 0 saturated carbocycles. The van der Waals surface area contributed by atoms with Crippen molar-refractivity contribution in [3.05, 3.63) is 32.4 Å². The molecule has 0 aromatic heterocycles. The van der Waals surface area contributed by atoms with Gasteiger partial charge >= 0.3 is 0 Å². The number of hydrogen-bond donors (Lipinski definition) is 0. The van der Waals surface area contributed by atoms with E-state index >= 15 is 0 Å². The van der Waals surface area contributed by atoms with E-state index in [0.717, 1.165) is 26.9 Å². The summed E-state index contributed by atoms with van der Waals surface area (Å²) in [4.78, 5) is 10.1. The van der Waals surface area contributed by atoms with Crippen LogP contribution in [-0.4, -0.2) is 6.29 Å². The van der Waals surface area contributed by atoms with Crippen molar-refractivity contribution in [2.24, 2.45) is 0 Å². The molecule has 0 bridgehead atoms. The average molecular weight is 295 g/mol. The lowest BCUT2D eigenvalue weighted by molar-refractivity contribution is -0.107. The molecular formula is C9H8ClIO. The summed E-state index contributed by atoms with van der Waals surface area (Å²) in [5.74, 6) is 0. The second-order valence-electron chi connectivity index (χ2n) is 2.44. The molecule has 0 saturated heterocycles. The molecule has 0 aliphatic rings. The molecule has 64 valence electrons. The van der Waals surface area contributed by atoms with Gasteiger partial charge in [-0.1, -0.05) is 17.7 Å². The molecule has 0 heterocycles. The Kier molecular flexibility index (Phi) is 4.01. The monoisotopic (exact) mass is 294 g/mol. The first-order valence-electron chi connectivity index (χ1n) is 3.61. The minimum absolute atomic E-state index is 0.542. The fourth-order valence-corrected chi connectivity index (χ4v) is 1.89. The molecule has 0 unspecified atom stereocenters. The molecule has 1 aromatic carbocycles. The molecule has 0 atom stereocenters. The summed E-state index contributed by atoms with van der Waals surface area (Å²) in [7, 11) is 0. The van der Waals surface area contributed by atoms with Gasteiger partial charge < -0.3 is 4.79 Å². The fourth-order valence-electron chi connectivity index (χ4n) is 0.939. The number of benzene rings is 1. The van der Waals surface area contributed by atoms with Gasteiger partial charge in [-0.3, -0.25) is 0 Å². The van der Waals surface area contributed by atoms with Crippen LogP contribution in [-0.2, 0) is 11.2 Å². The Labute approximate surface area is 90.3 Å². The van der Waals surface area contributed by atoms with Gasteiger partial charge in [-0.15, -0.1) is 0 Å². The summed E-state index contributed by atoms with van der Waals surface area (Å²) in [6.45, 7) is 0. The van der Waals surface area contributed by atoms with Crippen LogP contribution in [0.1, 0.15) is 12.0 Å². The second kappa shape index (κ2) is 4.82. The molecule has 12 heavy (non-hydrogen) atoms. The third-order valence-electron chi connectivity index (χ3n) is 1.55. The number of hydrogen-bond acceptors (Lipinski definition) is 1. The summed E-state index contributed by atoms with van der Waals surface area (Å²) in [5.41, 5.74) is 1.05. The molecule has 1 rings (SSSR count). The quantitative estimate of drug-likeness (QED) is 0.618. The molecule has 0 N–H and O–H groups in total. The Balaban J connectivity index is 2.78. The predicted molar refractivity (Wildman–Crippen MR) is 58.6 cm³/mol. The van der Waals surface area contributed by atoms with Crippen LogP contribution in [0.3, 0.4) is 0 Å². The van der Waals surface area contributed by atoms with Crippen molar-refractivity contribution in [3.63, 3.8) is 0 Å². The summed E-state index contributed by atoms with van der Waals surface area (Å²) >= 11 is 8.15. The van der Waals surface area contributed by atoms with Gasteiger partial charge in [0.05, 0.1) is 0 Å². The van der Waals surface area contributed by atoms with Crippen molar-refractivity contribution in [3.8, 4) is 0 Å². The Morgan fingerprint density at radius 2 is 2.25 bits per heavy atom. The number of aldehydes is 1. The first-order valence-corrected chi connectivity index (χ1v) is 5.07. The zero-order chi connectivity index (χ0) is 8.97. The van der Waals surface area contributed by atoms with Crippen LogP contribution in [0.5, 0.6) is 0 Å². The lowest BCUT2D eigenvalue weighted by Crippen LogP contribution is -1.87. The average Bonchev–Trinajstić information content (AvgIpc) is 2.03. The Hall–Kier alpha value is -0.0900. The molecule has 0 amide bonds. The number of halogens is 2. The Bertz CT molecular complexity index is 286. The van der Waals surface area contributed by atoms with Crippen molar-refractivity contribution in [2.75, 3.05) is 0 Å². The van der Waals surface area contributed by atoms with Crippen LogP contribution in [0.2, 0.25) is 5.02 Å². The molecule has 0 fully saturated rings. The molecule has 1 nitrogen and oxygen atoms in total. The maximum atomic E-state index is 10.1. The highest BCUT2D eigenvalue weighted by molar-refractivity contribution is 14.1. The Morgan fingerprint density at radius 3 is 2.83 bits per heavy atom. The summed E-state index contributed by atoms with van der Waals surface area (Å²) < 4.78 is 1.12. The fraction of sp³-hybridized carbons (Fsp3) is 0.222. The van der Waals surface area contributed by atoms with Crippen LogP contribution in [0.4, 0.5) is 0 Å². The topological polar surface area (TPSA) is 17.1 Å². The third-order valence-corrected chi connectivity index (χ3v) is 2.57. The van der Waals surface area contributed by atoms with E-state index in [9.17, 15) is 4.79 Å².